The molecule has 0 aliphatic carbocycles. The maximum absolute atomic E-state index is 13.3. The third kappa shape index (κ3) is 3.02. The van der Waals surface area contributed by atoms with E-state index >= 15 is 0 Å². The molecule has 0 amide bonds. The molecule has 1 nitrogen and oxygen atoms in total. The Bertz CT molecular complexity index is 535. The average molecular weight is 438 g/mol. The number of halogens is 4. The summed E-state index contributed by atoms with van der Waals surface area (Å²) >= 11 is 10.3. The molecule has 0 saturated heterocycles. The molecule has 0 heterocycles. The highest BCUT2D eigenvalue weighted by molar-refractivity contribution is 9.11. The zero-order chi connectivity index (χ0) is 13.3. The summed E-state index contributed by atoms with van der Waals surface area (Å²) < 4.78 is 15.9. The van der Waals surface area contributed by atoms with Gasteiger partial charge in [-0.1, -0.05) is 47.8 Å². The second-order valence-electron chi connectivity index (χ2n) is 3.81. The lowest BCUT2D eigenvalue weighted by Crippen LogP contribution is -2.13. The van der Waals surface area contributed by atoms with Crippen molar-refractivity contribution in [2.24, 2.45) is 5.73 Å². The predicted octanol–water partition coefficient (Wildman–Crippen LogP) is 5.16. The minimum absolute atomic E-state index is 0.297. The highest BCUT2D eigenvalue weighted by atomic mass is 79.9. The van der Waals surface area contributed by atoms with Crippen molar-refractivity contribution in [1.82, 2.24) is 0 Å². The van der Waals surface area contributed by atoms with E-state index in [0.717, 1.165) is 19.0 Å². The van der Waals surface area contributed by atoms with Gasteiger partial charge in [0.05, 0.1) is 6.04 Å². The van der Waals surface area contributed by atoms with E-state index in [9.17, 15) is 4.39 Å². The summed E-state index contributed by atoms with van der Waals surface area (Å²) in [6.07, 6.45) is 0. The van der Waals surface area contributed by atoms with Crippen LogP contribution in [0.3, 0.4) is 0 Å². The standard InChI is InChI=1S/C13H9Br3FN/c14-7-1-3-11(15)9(5-7)13(18)10-6-8(17)2-4-12(10)16/h1-6,13H,18H2. The number of benzene rings is 2. The van der Waals surface area contributed by atoms with Crippen molar-refractivity contribution < 1.29 is 4.39 Å². The highest BCUT2D eigenvalue weighted by Crippen LogP contribution is 2.33. The number of nitrogens with two attached hydrogens (primary N) is 1. The van der Waals surface area contributed by atoms with Crippen molar-refractivity contribution in [3.05, 3.63) is 66.8 Å². The summed E-state index contributed by atoms with van der Waals surface area (Å²) in [6.45, 7) is 0. The van der Waals surface area contributed by atoms with Gasteiger partial charge in [0, 0.05) is 13.4 Å². The first kappa shape index (κ1) is 14.2. The van der Waals surface area contributed by atoms with Crippen LogP contribution in [0.2, 0.25) is 0 Å². The van der Waals surface area contributed by atoms with E-state index in [-0.39, 0.29) is 5.82 Å². The van der Waals surface area contributed by atoms with Crippen molar-refractivity contribution in [3.8, 4) is 0 Å². The molecule has 2 rings (SSSR count). The monoisotopic (exact) mass is 435 g/mol. The van der Waals surface area contributed by atoms with Crippen molar-refractivity contribution in [2.75, 3.05) is 0 Å². The molecule has 5 heteroatoms. The Hall–Kier alpha value is -0.230. The van der Waals surface area contributed by atoms with E-state index in [0.29, 0.717) is 5.56 Å². The lowest BCUT2D eigenvalue weighted by Gasteiger charge is -2.16. The fourth-order valence-corrected chi connectivity index (χ4v) is 3.04. The molecule has 0 aliphatic heterocycles. The van der Waals surface area contributed by atoms with E-state index in [2.05, 4.69) is 47.8 Å². The van der Waals surface area contributed by atoms with Crippen LogP contribution in [0.25, 0.3) is 0 Å². The van der Waals surface area contributed by atoms with Crippen LogP contribution in [-0.2, 0) is 0 Å². The van der Waals surface area contributed by atoms with E-state index in [1.165, 1.54) is 12.1 Å². The van der Waals surface area contributed by atoms with Gasteiger partial charge in [0.2, 0.25) is 0 Å². The lowest BCUT2D eigenvalue weighted by molar-refractivity contribution is 0.623. The van der Waals surface area contributed by atoms with Crippen LogP contribution in [0.15, 0.2) is 49.8 Å². The van der Waals surface area contributed by atoms with Gasteiger partial charge in [-0.15, -0.1) is 0 Å². The summed E-state index contributed by atoms with van der Waals surface area (Å²) in [6, 6.07) is 9.86. The third-order valence-corrected chi connectivity index (χ3v) is 4.52. The molecule has 1 atom stereocenters. The quantitative estimate of drug-likeness (QED) is 0.689. The highest BCUT2D eigenvalue weighted by Gasteiger charge is 2.16. The lowest BCUT2D eigenvalue weighted by atomic mass is 10.00. The van der Waals surface area contributed by atoms with Gasteiger partial charge in [-0.3, -0.25) is 0 Å². The molecular formula is C13H9Br3FN. The second-order valence-corrected chi connectivity index (χ2v) is 6.43. The molecule has 0 spiro atoms. The van der Waals surface area contributed by atoms with Gasteiger partial charge in [-0.2, -0.15) is 0 Å². The van der Waals surface area contributed by atoms with Crippen LogP contribution >= 0.6 is 47.8 Å². The van der Waals surface area contributed by atoms with Crippen molar-refractivity contribution in [1.29, 1.82) is 0 Å². The van der Waals surface area contributed by atoms with Crippen LogP contribution < -0.4 is 5.73 Å². The fraction of sp³-hybridized carbons (Fsp3) is 0.0769. The molecule has 1 unspecified atom stereocenters. The molecule has 0 saturated carbocycles. The zero-order valence-corrected chi connectivity index (χ0v) is 13.9. The molecule has 2 N–H and O–H groups in total. The van der Waals surface area contributed by atoms with E-state index in [1.54, 1.807) is 6.07 Å². The molecule has 0 aliphatic rings. The first-order valence-corrected chi connectivity index (χ1v) is 7.52. The van der Waals surface area contributed by atoms with Crippen molar-refractivity contribution in [2.45, 2.75) is 6.04 Å². The first-order chi connectivity index (χ1) is 8.49. The maximum atomic E-state index is 13.3. The predicted molar refractivity (Wildman–Crippen MR) is 82.0 cm³/mol. The summed E-state index contributed by atoms with van der Waals surface area (Å²) in [5.74, 6) is -0.297. The van der Waals surface area contributed by atoms with Crippen LogP contribution in [0.4, 0.5) is 4.39 Å². The van der Waals surface area contributed by atoms with Gasteiger partial charge in [-0.05, 0) is 47.5 Å². The zero-order valence-electron chi connectivity index (χ0n) is 9.13. The molecule has 2 aromatic rings. The summed E-state index contributed by atoms with van der Waals surface area (Å²) in [7, 11) is 0. The summed E-state index contributed by atoms with van der Waals surface area (Å²) in [4.78, 5) is 0. The topological polar surface area (TPSA) is 26.0 Å². The number of hydrogen-bond donors (Lipinski definition) is 1. The van der Waals surface area contributed by atoms with Gasteiger partial charge in [-0.25, -0.2) is 4.39 Å². The Morgan fingerprint density at radius 2 is 1.44 bits per heavy atom. The van der Waals surface area contributed by atoms with E-state index in [1.807, 2.05) is 18.2 Å². The number of hydrogen-bond acceptors (Lipinski definition) is 1. The maximum Gasteiger partial charge on any atom is 0.123 e. The largest absolute Gasteiger partial charge is 0.320 e. The van der Waals surface area contributed by atoms with Crippen LogP contribution in [0.5, 0.6) is 0 Å². The molecule has 94 valence electrons. The smallest absolute Gasteiger partial charge is 0.123 e. The normalized spacial score (nSPS) is 12.5. The molecule has 0 radical (unpaired) electrons. The number of rotatable bonds is 2. The van der Waals surface area contributed by atoms with E-state index < -0.39 is 6.04 Å². The fourth-order valence-electron chi connectivity index (χ4n) is 1.67. The Kier molecular flexibility index (Phi) is 4.59. The van der Waals surface area contributed by atoms with Crippen LogP contribution in [0.1, 0.15) is 17.2 Å². The van der Waals surface area contributed by atoms with Gasteiger partial charge in [0.1, 0.15) is 5.82 Å². The van der Waals surface area contributed by atoms with Gasteiger partial charge in [0.25, 0.3) is 0 Å². The third-order valence-electron chi connectivity index (χ3n) is 2.59. The van der Waals surface area contributed by atoms with Crippen LogP contribution in [0, 0.1) is 5.82 Å². The second kappa shape index (κ2) is 5.82. The Morgan fingerprint density at radius 1 is 0.889 bits per heavy atom. The van der Waals surface area contributed by atoms with Gasteiger partial charge >= 0.3 is 0 Å². The van der Waals surface area contributed by atoms with Crippen LogP contribution in [-0.4, -0.2) is 0 Å². The van der Waals surface area contributed by atoms with Gasteiger partial charge < -0.3 is 5.73 Å². The van der Waals surface area contributed by atoms with Crippen molar-refractivity contribution in [3.63, 3.8) is 0 Å². The molecule has 0 fully saturated rings. The SMILES string of the molecule is NC(c1cc(F)ccc1Br)c1cc(Br)ccc1Br. The molecule has 18 heavy (non-hydrogen) atoms. The molecule has 2 aromatic carbocycles. The molecule has 0 bridgehead atoms. The minimum Gasteiger partial charge on any atom is -0.320 e. The van der Waals surface area contributed by atoms with Crippen molar-refractivity contribution >= 4 is 47.8 Å². The Morgan fingerprint density at radius 3 is 2.11 bits per heavy atom. The Labute approximate surface area is 130 Å². The molecule has 0 aromatic heterocycles. The van der Waals surface area contributed by atoms with E-state index in [4.69, 9.17) is 5.73 Å². The Balaban J connectivity index is 2.50. The molecular weight excluding hydrogens is 429 g/mol. The van der Waals surface area contributed by atoms with Gasteiger partial charge in [0.15, 0.2) is 0 Å². The minimum atomic E-state index is -0.401. The summed E-state index contributed by atoms with van der Waals surface area (Å²) in [5.41, 5.74) is 7.82. The first-order valence-electron chi connectivity index (χ1n) is 5.14. The average Bonchev–Trinajstić information content (AvgIpc) is 2.34. The summed E-state index contributed by atoms with van der Waals surface area (Å²) in [5, 5.41) is 0.